The number of imide groups is 1. The van der Waals surface area contributed by atoms with Gasteiger partial charge >= 0.3 is 6.09 Å². The molecule has 0 saturated carbocycles. The summed E-state index contributed by atoms with van der Waals surface area (Å²) >= 11 is 0. The lowest BCUT2D eigenvalue weighted by atomic mass is 10.0. The van der Waals surface area contributed by atoms with E-state index in [1.807, 2.05) is 24.3 Å². The summed E-state index contributed by atoms with van der Waals surface area (Å²) in [6.45, 7) is 3.00. The van der Waals surface area contributed by atoms with Crippen LogP contribution in [0.2, 0.25) is 0 Å². The molecule has 1 aliphatic rings. The zero-order valence-corrected chi connectivity index (χ0v) is 20.5. The molecule has 1 aromatic carbocycles. The van der Waals surface area contributed by atoms with Crippen molar-refractivity contribution in [1.29, 1.82) is 0 Å². The summed E-state index contributed by atoms with van der Waals surface area (Å²) in [5.41, 5.74) is 0.782. The van der Waals surface area contributed by atoms with E-state index in [9.17, 15) is 9.59 Å². The van der Waals surface area contributed by atoms with Crippen LogP contribution in [0, 0.1) is 0 Å². The molecule has 0 bridgehead atoms. The second kappa shape index (κ2) is 17.2. The van der Waals surface area contributed by atoms with Gasteiger partial charge in [0.2, 0.25) is 0 Å². The molecule has 1 aliphatic heterocycles. The fraction of sp³-hybridized carbons (Fsp3) is 0.643. The van der Waals surface area contributed by atoms with Crippen molar-refractivity contribution in [3.8, 4) is 5.75 Å². The van der Waals surface area contributed by atoms with Gasteiger partial charge in [-0.1, -0.05) is 115 Å². The molecule has 0 aromatic heterocycles. The molecular weight excluding hydrogens is 414 g/mol. The van der Waals surface area contributed by atoms with Gasteiger partial charge in [-0.2, -0.15) is 0 Å². The number of carbonyl (C=O) groups is 2. The van der Waals surface area contributed by atoms with Crippen LogP contribution >= 0.6 is 0 Å². The molecule has 1 heterocycles. The van der Waals surface area contributed by atoms with Crippen molar-refractivity contribution in [1.82, 2.24) is 5.32 Å². The molecule has 5 nitrogen and oxygen atoms in total. The van der Waals surface area contributed by atoms with E-state index in [2.05, 4.69) is 12.2 Å². The quantitative estimate of drug-likeness (QED) is 0.169. The Morgan fingerprint density at radius 2 is 1.21 bits per heavy atom. The predicted octanol–water partition coefficient (Wildman–Crippen LogP) is 7.93. The molecule has 1 aromatic rings. The van der Waals surface area contributed by atoms with Crippen LogP contribution in [0.5, 0.6) is 5.75 Å². The Bertz CT molecular complexity index is 711. The van der Waals surface area contributed by atoms with E-state index in [4.69, 9.17) is 9.47 Å². The van der Waals surface area contributed by atoms with E-state index in [1.54, 1.807) is 6.08 Å². The first-order valence-electron chi connectivity index (χ1n) is 13.2. The highest BCUT2D eigenvalue weighted by Crippen LogP contribution is 2.18. The number of cyclic esters (lactones) is 1. The van der Waals surface area contributed by atoms with Crippen LogP contribution < -0.4 is 10.1 Å². The van der Waals surface area contributed by atoms with Crippen molar-refractivity contribution in [2.75, 3.05) is 6.61 Å². The third-order valence-electron chi connectivity index (χ3n) is 6.09. The summed E-state index contributed by atoms with van der Waals surface area (Å²) < 4.78 is 10.6. The number of carbonyl (C=O) groups excluding carboxylic acids is 2. The molecule has 0 aliphatic carbocycles. The Kier molecular flexibility index (Phi) is 14.1. The van der Waals surface area contributed by atoms with Crippen LogP contribution in [0.3, 0.4) is 0 Å². The lowest BCUT2D eigenvalue weighted by Gasteiger charge is -2.07. The minimum Gasteiger partial charge on any atom is -0.494 e. The van der Waals surface area contributed by atoms with E-state index >= 15 is 0 Å². The van der Waals surface area contributed by atoms with Crippen LogP contribution in [-0.4, -0.2) is 18.6 Å². The van der Waals surface area contributed by atoms with Crippen molar-refractivity contribution in [3.05, 3.63) is 35.6 Å². The molecule has 0 atom stereocenters. The van der Waals surface area contributed by atoms with E-state index in [1.165, 1.54) is 96.3 Å². The van der Waals surface area contributed by atoms with E-state index in [-0.39, 0.29) is 5.76 Å². The van der Waals surface area contributed by atoms with Crippen molar-refractivity contribution in [3.63, 3.8) is 0 Å². The Balaban J connectivity index is 1.38. The molecule has 2 amide bonds. The van der Waals surface area contributed by atoms with E-state index in [0.29, 0.717) is 0 Å². The molecule has 2 rings (SSSR count). The second-order valence-corrected chi connectivity index (χ2v) is 9.07. The summed E-state index contributed by atoms with van der Waals surface area (Å²) in [4.78, 5) is 22.5. The van der Waals surface area contributed by atoms with Gasteiger partial charge in [0, 0.05) is 0 Å². The topological polar surface area (TPSA) is 64.6 Å². The normalized spacial score (nSPS) is 14.5. The van der Waals surface area contributed by atoms with Crippen molar-refractivity contribution < 1.29 is 19.1 Å². The number of ether oxygens (including phenoxy) is 2. The molecule has 0 radical (unpaired) electrons. The largest absolute Gasteiger partial charge is 0.494 e. The van der Waals surface area contributed by atoms with Crippen LogP contribution in [0.15, 0.2) is 30.0 Å². The summed E-state index contributed by atoms with van der Waals surface area (Å²) in [6, 6.07) is 7.42. The first-order valence-corrected chi connectivity index (χ1v) is 13.2. The van der Waals surface area contributed by atoms with E-state index in [0.717, 1.165) is 24.3 Å². The van der Waals surface area contributed by atoms with Crippen molar-refractivity contribution in [2.24, 2.45) is 0 Å². The first-order chi connectivity index (χ1) is 16.2. The maximum absolute atomic E-state index is 11.5. The average Bonchev–Trinajstić information content (AvgIpc) is 3.13. The first kappa shape index (κ1) is 26.9. The molecule has 1 N–H and O–H groups in total. The summed E-state index contributed by atoms with van der Waals surface area (Å²) in [5, 5.41) is 2.08. The third kappa shape index (κ3) is 12.5. The number of unbranched alkanes of at least 4 members (excludes halogenated alkanes) is 15. The smallest absolute Gasteiger partial charge is 0.419 e. The number of amides is 2. The lowest BCUT2D eigenvalue weighted by Crippen LogP contribution is -2.18. The van der Waals surface area contributed by atoms with Gasteiger partial charge in [0.15, 0.2) is 5.76 Å². The molecule has 0 unspecified atom stereocenters. The van der Waals surface area contributed by atoms with Gasteiger partial charge in [0.25, 0.3) is 5.91 Å². The predicted molar refractivity (Wildman–Crippen MR) is 134 cm³/mol. The molecule has 1 fully saturated rings. The molecule has 5 heteroatoms. The van der Waals surface area contributed by atoms with Crippen LogP contribution in [0.1, 0.15) is 115 Å². The molecule has 184 valence electrons. The fourth-order valence-corrected chi connectivity index (χ4v) is 4.07. The zero-order chi connectivity index (χ0) is 23.6. The van der Waals surface area contributed by atoms with Crippen LogP contribution in [-0.2, 0) is 9.53 Å². The molecule has 1 saturated heterocycles. The van der Waals surface area contributed by atoms with Gasteiger partial charge < -0.3 is 9.47 Å². The number of nitrogens with one attached hydrogen (secondary N) is 1. The number of alkyl carbamates (subject to hydrolysis) is 1. The summed E-state index contributed by atoms with van der Waals surface area (Å²) in [6.07, 6.45) is 22.6. The van der Waals surface area contributed by atoms with Gasteiger partial charge in [-0.3, -0.25) is 10.1 Å². The SMILES string of the molecule is CCCCCCCCCCCCCCCCCCOc1ccc(C=C2OC(=O)NC2=O)cc1. The highest BCUT2D eigenvalue weighted by molar-refractivity contribution is 6.09. The number of rotatable bonds is 19. The molecule has 0 spiro atoms. The number of hydrogen-bond acceptors (Lipinski definition) is 4. The number of hydrogen-bond donors (Lipinski definition) is 1. The maximum Gasteiger partial charge on any atom is 0.419 e. The van der Waals surface area contributed by atoms with E-state index < -0.39 is 12.0 Å². The minimum absolute atomic E-state index is 0.0156. The van der Waals surface area contributed by atoms with Crippen molar-refractivity contribution in [2.45, 2.75) is 110 Å². The highest BCUT2D eigenvalue weighted by atomic mass is 16.6. The Morgan fingerprint density at radius 1 is 0.727 bits per heavy atom. The Morgan fingerprint density at radius 3 is 1.67 bits per heavy atom. The molecule has 33 heavy (non-hydrogen) atoms. The minimum atomic E-state index is -0.731. The standard InChI is InChI=1S/C28H43NO4/c1-2-3-4-5-6-7-8-9-10-11-12-13-14-15-16-17-22-32-25-20-18-24(19-21-25)23-26-27(30)29-28(31)33-26/h18-21,23H,2-17,22H2,1H3,(H,29,30,31). The van der Waals surface area contributed by atoms with Gasteiger partial charge in [-0.15, -0.1) is 0 Å². The van der Waals surface area contributed by atoms with Crippen molar-refractivity contribution >= 4 is 18.1 Å². The number of benzene rings is 1. The fourth-order valence-electron chi connectivity index (χ4n) is 4.07. The average molecular weight is 458 g/mol. The Hall–Kier alpha value is -2.30. The molecular formula is C28H43NO4. The third-order valence-corrected chi connectivity index (χ3v) is 6.09. The van der Waals surface area contributed by atoms with Gasteiger partial charge in [-0.25, -0.2) is 4.79 Å². The zero-order valence-electron chi connectivity index (χ0n) is 20.5. The van der Waals surface area contributed by atoms with Crippen LogP contribution in [0.4, 0.5) is 4.79 Å². The van der Waals surface area contributed by atoms with Gasteiger partial charge in [0.05, 0.1) is 6.61 Å². The van der Waals surface area contributed by atoms with Crippen LogP contribution in [0.25, 0.3) is 6.08 Å². The highest BCUT2D eigenvalue weighted by Gasteiger charge is 2.25. The Labute approximate surface area is 200 Å². The lowest BCUT2D eigenvalue weighted by molar-refractivity contribution is -0.116. The maximum atomic E-state index is 11.5. The van der Waals surface area contributed by atoms with Gasteiger partial charge in [-0.05, 0) is 30.2 Å². The van der Waals surface area contributed by atoms with Gasteiger partial charge in [0.1, 0.15) is 5.75 Å². The second-order valence-electron chi connectivity index (χ2n) is 9.07. The summed E-state index contributed by atoms with van der Waals surface area (Å²) in [7, 11) is 0. The summed E-state index contributed by atoms with van der Waals surface area (Å²) in [5.74, 6) is 0.316. The monoisotopic (exact) mass is 457 g/mol.